The molecule has 1 heterocycles. The van der Waals surface area contributed by atoms with Gasteiger partial charge in [-0.1, -0.05) is 30.3 Å². The van der Waals surface area contributed by atoms with E-state index < -0.39 is 0 Å². The predicted molar refractivity (Wildman–Crippen MR) is 113 cm³/mol. The lowest BCUT2D eigenvalue weighted by Crippen LogP contribution is -2.41. The summed E-state index contributed by atoms with van der Waals surface area (Å²) in [6.07, 6.45) is 4.32. The quantitative estimate of drug-likeness (QED) is 0.682. The second-order valence-electron chi connectivity index (χ2n) is 7.22. The summed E-state index contributed by atoms with van der Waals surface area (Å²) >= 11 is 1.80. The largest absolute Gasteiger partial charge is 0.338 e. The fourth-order valence-electron chi connectivity index (χ4n) is 3.51. The molecule has 1 aliphatic heterocycles. The highest BCUT2D eigenvalue weighted by atomic mass is 32.2. The van der Waals surface area contributed by atoms with Crippen LogP contribution in [0.1, 0.15) is 24.0 Å². The summed E-state index contributed by atoms with van der Waals surface area (Å²) in [6, 6.07) is 14.6. The van der Waals surface area contributed by atoms with Crippen LogP contribution in [0.3, 0.4) is 0 Å². The van der Waals surface area contributed by atoms with Crippen molar-refractivity contribution >= 4 is 17.8 Å². The summed E-state index contributed by atoms with van der Waals surface area (Å²) in [4.78, 5) is 15.8. The molecule has 4 nitrogen and oxygen atoms in total. The lowest BCUT2D eigenvalue weighted by atomic mass is 9.96. The van der Waals surface area contributed by atoms with Crippen LogP contribution in [0.2, 0.25) is 0 Å². The Morgan fingerprint density at radius 1 is 1.11 bits per heavy atom. The zero-order valence-electron chi connectivity index (χ0n) is 16.3. The van der Waals surface area contributed by atoms with Gasteiger partial charge in [0.05, 0.1) is 0 Å². The van der Waals surface area contributed by atoms with Crippen LogP contribution in [0.15, 0.2) is 53.4 Å². The Bertz CT molecular complexity index is 761. The van der Waals surface area contributed by atoms with E-state index in [0.717, 1.165) is 38.0 Å². The molecule has 28 heavy (non-hydrogen) atoms. The molecule has 0 aliphatic carbocycles. The molecule has 0 unspecified atom stereocenters. The first kappa shape index (κ1) is 20.7. The van der Waals surface area contributed by atoms with Crippen LogP contribution < -0.4 is 10.6 Å². The van der Waals surface area contributed by atoms with Gasteiger partial charge in [-0.15, -0.1) is 11.8 Å². The maximum absolute atomic E-state index is 12.9. The lowest BCUT2D eigenvalue weighted by molar-refractivity contribution is 0.174. The van der Waals surface area contributed by atoms with Crippen molar-refractivity contribution in [1.82, 2.24) is 15.5 Å². The number of carbonyl (C=O) groups is 1. The van der Waals surface area contributed by atoms with Gasteiger partial charge < -0.3 is 10.6 Å². The number of hydrogen-bond acceptors (Lipinski definition) is 3. The van der Waals surface area contributed by atoms with Gasteiger partial charge in [0, 0.05) is 24.5 Å². The van der Waals surface area contributed by atoms with Crippen LogP contribution in [0.25, 0.3) is 0 Å². The Balaban J connectivity index is 1.35. The Morgan fingerprint density at radius 3 is 2.54 bits per heavy atom. The van der Waals surface area contributed by atoms with Crippen molar-refractivity contribution in [1.29, 1.82) is 0 Å². The Labute approximate surface area is 170 Å². The van der Waals surface area contributed by atoms with Crippen molar-refractivity contribution in [2.75, 3.05) is 25.9 Å². The average Bonchev–Trinajstić information content (AvgIpc) is 2.73. The smallest absolute Gasteiger partial charge is 0.315 e. The maximum Gasteiger partial charge on any atom is 0.315 e. The van der Waals surface area contributed by atoms with Gasteiger partial charge in [-0.05, 0) is 67.4 Å². The molecule has 1 fully saturated rings. The molecule has 3 rings (SSSR count). The highest BCUT2D eigenvalue weighted by Gasteiger charge is 2.20. The highest BCUT2D eigenvalue weighted by Crippen LogP contribution is 2.24. The number of nitrogens with zero attached hydrogens (tertiary/aromatic N) is 1. The summed E-state index contributed by atoms with van der Waals surface area (Å²) in [5.41, 5.74) is 2.28. The summed E-state index contributed by atoms with van der Waals surface area (Å²) in [6.45, 7) is 4.22. The first-order chi connectivity index (χ1) is 13.6. The number of piperidine rings is 1. The van der Waals surface area contributed by atoms with Crippen molar-refractivity contribution in [3.05, 3.63) is 65.5 Å². The Hall–Kier alpha value is -2.05. The number of hydrogen-bond donors (Lipinski definition) is 2. The first-order valence-corrected chi connectivity index (χ1v) is 11.0. The highest BCUT2D eigenvalue weighted by molar-refractivity contribution is 7.98. The minimum absolute atomic E-state index is 0.166. The van der Waals surface area contributed by atoms with Crippen LogP contribution in [0.5, 0.6) is 0 Å². The number of nitrogens with one attached hydrogen (secondary N) is 2. The van der Waals surface area contributed by atoms with Gasteiger partial charge in [0.1, 0.15) is 5.82 Å². The number of halogens is 1. The van der Waals surface area contributed by atoms with Gasteiger partial charge in [-0.3, -0.25) is 4.90 Å². The van der Waals surface area contributed by atoms with E-state index in [1.165, 1.54) is 22.6 Å². The minimum atomic E-state index is -0.267. The van der Waals surface area contributed by atoms with Crippen molar-refractivity contribution < 1.29 is 9.18 Å². The second kappa shape index (κ2) is 10.5. The van der Waals surface area contributed by atoms with E-state index in [2.05, 4.69) is 46.1 Å². The van der Waals surface area contributed by atoms with E-state index in [1.807, 2.05) is 0 Å². The van der Waals surface area contributed by atoms with Crippen LogP contribution in [0, 0.1) is 11.7 Å². The molecule has 0 aromatic heterocycles. The van der Waals surface area contributed by atoms with Gasteiger partial charge in [0.25, 0.3) is 0 Å². The molecule has 0 bridgehead atoms. The van der Waals surface area contributed by atoms with Crippen LogP contribution in [-0.4, -0.2) is 36.8 Å². The molecule has 1 saturated heterocycles. The molecule has 2 amide bonds. The fourth-order valence-corrected chi connectivity index (χ4v) is 4.12. The number of urea groups is 1. The van der Waals surface area contributed by atoms with Gasteiger partial charge in [0.15, 0.2) is 0 Å². The maximum atomic E-state index is 12.9. The fraction of sp³-hybridized carbons (Fsp3) is 0.409. The summed E-state index contributed by atoms with van der Waals surface area (Å²) in [5, 5.41) is 5.80. The van der Waals surface area contributed by atoms with Gasteiger partial charge in [-0.2, -0.15) is 0 Å². The SMILES string of the molecule is CSc1ccccc1CN1CCC(CNC(=O)NCc2ccc(F)cc2)CC1. The van der Waals surface area contributed by atoms with E-state index in [0.29, 0.717) is 19.0 Å². The first-order valence-electron chi connectivity index (χ1n) is 9.74. The standard InChI is InChI=1S/C22H28FN3OS/c1-28-21-5-3-2-4-19(21)16-26-12-10-18(11-13-26)15-25-22(27)24-14-17-6-8-20(23)9-7-17/h2-9,18H,10-16H2,1H3,(H2,24,25,27). The molecule has 0 spiro atoms. The normalized spacial score (nSPS) is 15.4. The third kappa shape index (κ3) is 6.24. The summed E-state index contributed by atoms with van der Waals surface area (Å²) in [5.74, 6) is 0.250. The molecule has 150 valence electrons. The molecule has 2 aromatic carbocycles. The third-order valence-corrected chi connectivity index (χ3v) is 6.05. The minimum Gasteiger partial charge on any atom is -0.338 e. The Morgan fingerprint density at radius 2 is 1.82 bits per heavy atom. The zero-order valence-corrected chi connectivity index (χ0v) is 17.1. The molecule has 0 saturated carbocycles. The zero-order chi connectivity index (χ0) is 19.8. The van der Waals surface area contributed by atoms with Crippen LogP contribution in [-0.2, 0) is 13.1 Å². The predicted octanol–water partition coefficient (Wildman–Crippen LogP) is 4.26. The number of benzene rings is 2. The number of amides is 2. The average molecular weight is 402 g/mol. The molecule has 2 N–H and O–H groups in total. The van der Waals surface area contributed by atoms with E-state index in [-0.39, 0.29) is 11.8 Å². The van der Waals surface area contributed by atoms with Crippen LogP contribution >= 0.6 is 11.8 Å². The molecule has 0 atom stereocenters. The van der Waals surface area contributed by atoms with Crippen molar-refractivity contribution in [3.8, 4) is 0 Å². The number of likely N-dealkylation sites (tertiary alicyclic amines) is 1. The van der Waals surface area contributed by atoms with Gasteiger partial charge in [0.2, 0.25) is 0 Å². The number of thioether (sulfide) groups is 1. The third-order valence-electron chi connectivity index (χ3n) is 5.21. The van der Waals surface area contributed by atoms with E-state index in [4.69, 9.17) is 0 Å². The number of carbonyl (C=O) groups excluding carboxylic acids is 1. The molecule has 6 heteroatoms. The van der Waals surface area contributed by atoms with Gasteiger partial charge >= 0.3 is 6.03 Å². The summed E-state index contributed by atoms with van der Waals surface area (Å²) in [7, 11) is 0. The van der Waals surface area contributed by atoms with E-state index in [9.17, 15) is 9.18 Å². The van der Waals surface area contributed by atoms with E-state index in [1.54, 1.807) is 23.9 Å². The second-order valence-corrected chi connectivity index (χ2v) is 8.07. The molecule has 0 radical (unpaired) electrons. The van der Waals surface area contributed by atoms with Crippen LogP contribution in [0.4, 0.5) is 9.18 Å². The van der Waals surface area contributed by atoms with Crippen molar-refractivity contribution in [3.63, 3.8) is 0 Å². The molecular weight excluding hydrogens is 373 g/mol. The molecule has 1 aliphatic rings. The van der Waals surface area contributed by atoms with Crippen molar-refractivity contribution in [2.45, 2.75) is 30.8 Å². The van der Waals surface area contributed by atoms with E-state index >= 15 is 0 Å². The number of rotatable bonds is 7. The van der Waals surface area contributed by atoms with Crippen molar-refractivity contribution in [2.24, 2.45) is 5.92 Å². The van der Waals surface area contributed by atoms with Gasteiger partial charge in [-0.25, -0.2) is 9.18 Å². The topological polar surface area (TPSA) is 44.4 Å². The lowest BCUT2D eigenvalue weighted by Gasteiger charge is -2.32. The Kier molecular flexibility index (Phi) is 7.74. The molecule has 2 aromatic rings. The summed E-state index contributed by atoms with van der Waals surface area (Å²) < 4.78 is 12.9. The monoisotopic (exact) mass is 401 g/mol. The molecular formula is C22H28FN3OS.